The van der Waals surface area contributed by atoms with Gasteiger partial charge in [-0.25, -0.2) is 13.4 Å². The summed E-state index contributed by atoms with van der Waals surface area (Å²) in [7, 11) is -0.0674. The first-order chi connectivity index (χ1) is 13.8. The number of hydrogen-bond donors (Lipinski definition) is 0. The van der Waals surface area contributed by atoms with Gasteiger partial charge >= 0.3 is 0 Å². The predicted molar refractivity (Wildman–Crippen MR) is 117 cm³/mol. The summed E-state index contributed by atoms with van der Waals surface area (Å²) in [4.78, 5) is 4.80. The minimum Gasteiger partial charge on any atom is -0.493 e. The van der Waals surface area contributed by atoms with Gasteiger partial charge in [0.25, 0.3) is 0 Å². The van der Waals surface area contributed by atoms with Gasteiger partial charge in [-0.15, -0.1) is 11.3 Å². The lowest BCUT2D eigenvalue weighted by atomic mass is 10.1. The number of aromatic nitrogens is 1. The average Bonchev–Trinajstić information content (AvgIpc) is 3.29. The summed E-state index contributed by atoms with van der Waals surface area (Å²) in [5.41, 5.74) is 4.47. The highest BCUT2D eigenvalue weighted by atomic mass is 32.2. The maximum atomic E-state index is 12.1. The standard InChI is InChI=1S/C21H22N2O4S2/c1-13-10-15-11-14(8-9-18(15)23(13)29(4,24)25)17-12-28-21(22-17)16-6-5-7-19(26-2)20(16)27-3/h5-9,11-13H,10H2,1-4H3/t13-/m1/s1. The minimum atomic E-state index is -3.29. The van der Waals surface area contributed by atoms with Crippen molar-refractivity contribution in [3.8, 4) is 33.3 Å². The molecule has 0 bridgehead atoms. The molecule has 1 atom stereocenters. The van der Waals surface area contributed by atoms with Crippen LogP contribution in [0, 0.1) is 0 Å². The van der Waals surface area contributed by atoms with Gasteiger partial charge in [0.2, 0.25) is 10.0 Å². The first kappa shape index (κ1) is 19.7. The largest absolute Gasteiger partial charge is 0.493 e. The van der Waals surface area contributed by atoms with Crippen molar-refractivity contribution in [3.05, 3.63) is 47.3 Å². The van der Waals surface area contributed by atoms with E-state index in [0.717, 1.165) is 33.1 Å². The van der Waals surface area contributed by atoms with Crippen LogP contribution in [0.3, 0.4) is 0 Å². The van der Waals surface area contributed by atoms with Crippen LogP contribution >= 0.6 is 11.3 Å². The first-order valence-electron chi connectivity index (χ1n) is 9.13. The van der Waals surface area contributed by atoms with E-state index in [1.807, 2.05) is 48.7 Å². The van der Waals surface area contributed by atoms with E-state index in [9.17, 15) is 8.42 Å². The van der Waals surface area contributed by atoms with Gasteiger partial charge in [-0.2, -0.15) is 0 Å². The Morgan fingerprint density at radius 3 is 2.66 bits per heavy atom. The first-order valence-corrected chi connectivity index (χ1v) is 11.9. The van der Waals surface area contributed by atoms with E-state index < -0.39 is 10.0 Å². The van der Waals surface area contributed by atoms with Gasteiger partial charge < -0.3 is 9.47 Å². The molecule has 0 aliphatic carbocycles. The molecule has 29 heavy (non-hydrogen) atoms. The van der Waals surface area contributed by atoms with Crippen molar-refractivity contribution in [1.82, 2.24) is 4.98 Å². The summed E-state index contributed by atoms with van der Waals surface area (Å²) in [6.07, 6.45) is 1.94. The van der Waals surface area contributed by atoms with Crippen LogP contribution in [0.4, 0.5) is 5.69 Å². The molecule has 4 rings (SSSR count). The van der Waals surface area contributed by atoms with Crippen LogP contribution in [0.2, 0.25) is 0 Å². The highest BCUT2D eigenvalue weighted by molar-refractivity contribution is 7.92. The molecule has 0 radical (unpaired) electrons. The van der Waals surface area contributed by atoms with Crippen LogP contribution in [0.25, 0.3) is 21.8 Å². The number of methoxy groups -OCH3 is 2. The predicted octanol–water partition coefficient (Wildman–Crippen LogP) is 4.20. The molecule has 2 aromatic carbocycles. The molecule has 0 saturated carbocycles. The van der Waals surface area contributed by atoms with Crippen LogP contribution < -0.4 is 13.8 Å². The molecule has 0 spiro atoms. The zero-order valence-electron chi connectivity index (χ0n) is 16.7. The summed E-state index contributed by atoms with van der Waals surface area (Å²) >= 11 is 1.53. The molecular weight excluding hydrogens is 408 g/mol. The molecule has 0 amide bonds. The molecular formula is C21H22N2O4S2. The van der Waals surface area contributed by atoms with Crippen LogP contribution in [0.1, 0.15) is 12.5 Å². The van der Waals surface area contributed by atoms with E-state index in [1.165, 1.54) is 21.9 Å². The minimum absolute atomic E-state index is 0.0812. The van der Waals surface area contributed by atoms with Crippen molar-refractivity contribution in [2.75, 3.05) is 24.8 Å². The Hall–Kier alpha value is -2.58. The van der Waals surface area contributed by atoms with Crippen molar-refractivity contribution >= 4 is 27.0 Å². The van der Waals surface area contributed by atoms with E-state index in [2.05, 4.69) is 0 Å². The second-order valence-electron chi connectivity index (χ2n) is 7.03. The lowest BCUT2D eigenvalue weighted by Gasteiger charge is -2.21. The Balaban J connectivity index is 1.72. The monoisotopic (exact) mass is 430 g/mol. The van der Waals surface area contributed by atoms with Crippen molar-refractivity contribution in [3.63, 3.8) is 0 Å². The Morgan fingerprint density at radius 2 is 1.97 bits per heavy atom. The lowest BCUT2D eigenvalue weighted by Crippen LogP contribution is -2.34. The molecule has 0 N–H and O–H groups in total. The van der Waals surface area contributed by atoms with E-state index in [4.69, 9.17) is 14.5 Å². The third kappa shape index (κ3) is 3.47. The van der Waals surface area contributed by atoms with Crippen LogP contribution in [0.15, 0.2) is 41.8 Å². The highest BCUT2D eigenvalue weighted by Crippen LogP contribution is 2.41. The average molecular weight is 431 g/mol. The third-order valence-electron chi connectivity index (χ3n) is 5.02. The Bertz CT molecular complexity index is 1170. The normalized spacial score (nSPS) is 16.0. The number of thiazole rings is 1. The summed E-state index contributed by atoms with van der Waals surface area (Å²) in [5.74, 6) is 1.32. The number of fused-ring (bicyclic) bond motifs is 1. The van der Waals surface area contributed by atoms with Gasteiger partial charge in [0.05, 0.1) is 37.4 Å². The molecule has 2 heterocycles. The fourth-order valence-corrected chi connectivity index (χ4v) is 5.97. The van der Waals surface area contributed by atoms with Crippen LogP contribution in [-0.2, 0) is 16.4 Å². The SMILES string of the molecule is COc1cccc(-c2nc(-c3ccc4c(c3)C[C@@H](C)N4S(C)(=O)=O)cs2)c1OC. The number of anilines is 1. The van der Waals surface area contributed by atoms with Gasteiger partial charge in [-0.05, 0) is 43.2 Å². The molecule has 8 heteroatoms. The quantitative estimate of drug-likeness (QED) is 0.607. The number of hydrogen-bond acceptors (Lipinski definition) is 6. The highest BCUT2D eigenvalue weighted by Gasteiger charge is 2.32. The van der Waals surface area contributed by atoms with Gasteiger partial charge in [0.1, 0.15) is 5.01 Å². The van der Waals surface area contributed by atoms with Crippen LogP contribution in [0.5, 0.6) is 11.5 Å². The molecule has 0 unspecified atom stereocenters. The van der Waals surface area contributed by atoms with Crippen molar-refractivity contribution in [1.29, 1.82) is 0 Å². The van der Waals surface area contributed by atoms with Gasteiger partial charge in [-0.3, -0.25) is 4.31 Å². The molecule has 0 saturated heterocycles. The van der Waals surface area contributed by atoms with Crippen molar-refractivity contribution in [2.24, 2.45) is 0 Å². The van der Waals surface area contributed by atoms with Gasteiger partial charge in [0.15, 0.2) is 11.5 Å². The number of rotatable bonds is 5. The summed E-state index contributed by atoms with van der Waals surface area (Å²) < 4.78 is 36.7. The second-order valence-corrected chi connectivity index (χ2v) is 9.75. The van der Waals surface area contributed by atoms with E-state index in [-0.39, 0.29) is 6.04 Å². The molecule has 0 fully saturated rings. The molecule has 6 nitrogen and oxygen atoms in total. The summed E-state index contributed by atoms with van der Waals surface area (Å²) in [6, 6.07) is 11.5. The molecule has 1 aromatic heterocycles. The summed E-state index contributed by atoms with van der Waals surface area (Å²) in [5, 5.41) is 2.84. The molecule has 1 aliphatic rings. The second kappa shape index (κ2) is 7.35. The van der Waals surface area contributed by atoms with E-state index in [1.54, 1.807) is 14.2 Å². The Labute approximate surface area is 174 Å². The lowest BCUT2D eigenvalue weighted by molar-refractivity contribution is 0.356. The molecule has 3 aromatic rings. The number of para-hydroxylation sites is 1. The van der Waals surface area contributed by atoms with E-state index in [0.29, 0.717) is 17.9 Å². The number of sulfonamides is 1. The fraction of sp³-hybridized carbons (Fsp3) is 0.286. The van der Waals surface area contributed by atoms with Gasteiger partial charge in [-0.1, -0.05) is 12.1 Å². The number of ether oxygens (including phenoxy) is 2. The zero-order valence-corrected chi connectivity index (χ0v) is 18.3. The zero-order chi connectivity index (χ0) is 20.8. The topological polar surface area (TPSA) is 68.7 Å². The number of nitrogens with zero attached hydrogens (tertiary/aromatic N) is 2. The van der Waals surface area contributed by atoms with E-state index >= 15 is 0 Å². The van der Waals surface area contributed by atoms with Crippen LogP contribution in [-0.4, -0.2) is 39.9 Å². The fourth-order valence-electron chi connectivity index (χ4n) is 3.85. The Morgan fingerprint density at radius 1 is 1.17 bits per heavy atom. The molecule has 152 valence electrons. The van der Waals surface area contributed by atoms with Crippen molar-refractivity contribution in [2.45, 2.75) is 19.4 Å². The van der Waals surface area contributed by atoms with Crippen molar-refractivity contribution < 1.29 is 17.9 Å². The molecule has 1 aliphatic heterocycles. The van der Waals surface area contributed by atoms with Gasteiger partial charge in [0, 0.05) is 17.0 Å². The maximum absolute atomic E-state index is 12.1. The maximum Gasteiger partial charge on any atom is 0.232 e. The smallest absolute Gasteiger partial charge is 0.232 e. The third-order valence-corrected chi connectivity index (χ3v) is 7.17. The Kier molecular flexibility index (Phi) is 5.00. The number of benzene rings is 2. The summed E-state index contributed by atoms with van der Waals surface area (Å²) in [6.45, 7) is 1.93.